The maximum Gasteiger partial charge on any atom is 0.329 e. The average molecular weight is 545 g/mol. The lowest BCUT2D eigenvalue weighted by molar-refractivity contribution is 0.248. The predicted molar refractivity (Wildman–Crippen MR) is 149 cm³/mol. The van der Waals surface area contributed by atoms with Crippen molar-refractivity contribution in [1.82, 2.24) is 44.2 Å². The van der Waals surface area contributed by atoms with E-state index in [2.05, 4.69) is 54.6 Å². The van der Waals surface area contributed by atoms with Crippen LogP contribution in [0.1, 0.15) is 5.56 Å². The van der Waals surface area contributed by atoms with Crippen LogP contribution in [0.15, 0.2) is 75.4 Å². The highest BCUT2D eigenvalue weighted by Gasteiger charge is 2.25. The molecule has 4 heterocycles. The van der Waals surface area contributed by atoms with Gasteiger partial charge in [0.15, 0.2) is 11.2 Å². The van der Waals surface area contributed by atoms with Gasteiger partial charge in [0.2, 0.25) is 11.1 Å². The van der Waals surface area contributed by atoms with Crippen molar-refractivity contribution in [3.05, 3.63) is 87.1 Å². The molecule has 0 spiro atoms. The molecule has 6 rings (SSSR count). The molecule has 0 amide bonds. The summed E-state index contributed by atoms with van der Waals surface area (Å²) in [5.41, 5.74) is 2.02. The second kappa shape index (κ2) is 10.9. The Morgan fingerprint density at radius 2 is 1.67 bits per heavy atom. The summed E-state index contributed by atoms with van der Waals surface area (Å²) in [4.78, 5) is 37.1. The second-order valence-electron chi connectivity index (χ2n) is 9.36. The number of aryl methyl sites for hydroxylation is 2. The largest absolute Gasteiger partial charge is 0.340 e. The fourth-order valence-electron chi connectivity index (χ4n) is 4.85. The molecule has 0 aliphatic carbocycles. The van der Waals surface area contributed by atoms with Crippen molar-refractivity contribution in [1.29, 1.82) is 0 Å². The third-order valence-electron chi connectivity index (χ3n) is 6.88. The minimum atomic E-state index is -0.479. The van der Waals surface area contributed by atoms with E-state index in [9.17, 15) is 9.59 Å². The summed E-state index contributed by atoms with van der Waals surface area (Å²) in [6.45, 7) is 4.65. The molecule has 0 radical (unpaired) electrons. The van der Waals surface area contributed by atoms with E-state index in [1.165, 1.54) is 21.9 Å². The first-order chi connectivity index (χ1) is 19.1. The molecule has 1 saturated heterocycles. The normalized spacial score (nSPS) is 14.3. The van der Waals surface area contributed by atoms with Crippen molar-refractivity contribution in [3.8, 4) is 5.69 Å². The molecule has 1 fully saturated rings. The number of tetrazole rings is 1. The minimum absolute atomic E-state index is 0.379. The van der Waals surface area contributed by atoms with Gasteiger partial charge in [-0.3, -0.25) is 19.2 Å². The van der Waals surface area contributed by atoms with E-state index in [1.807, 2.05) is 41.0 Å². The summed E-state index contributed by atoms with van der Waals surface area (Å²) in [6.07, 6.45) is 0. The Hall–Kier alpha value is -4.23. The topological polar surface area (TPSA) is 123 Å². The van der Waals surface area contributed by atoms with Crippen LogP contribution in [0, 0.1) is 0 Å². The van der Waals surface area contributed by atoms with Crippen LogP contribution in [-0.2, 0) is 20.1 Å². The van der Waals surface area contributed by atoms with Gasteiger partial charge in [-0.2, -0.15) is 9.67 Å². The van der Waals surface area contributed by atoms with Crippen molar-refractivity contribution in [2.24, 2.45) is 7.05 Å². The Kier molecular flexibility index (Phi) is 6.99. The van der Waals surface area contributed by atoms with Crippen LogP contribution < -0.4 is 16.1 Å². The van der Waals surface area contributed by atoms with Crippen molar-refractivity contribution >= 4 is 28.9 Å². The number of hydrogen-bond acceptors (Lipinski definition) is 9. The molecule has 0 bridgehead atoms. The zero-order valence-electron chi connectivity index (χ0n) is 21.5. The first kappa shape index (κ1) is 25.1. The third-order valence-corrected chi connectivity index (χ3v) is 7.78. The third kappa shape index (κ3) is 5.10. The molecule has 39 heavy (non-hydrogen) atoms. The van der Waals surface area contributed by atoms with Crippen LogP contribution in [0.3, 0.4) is 0 Å². The monoisotopic (exact) mass is 544 g/mol. The van der Waals surface area contributed by atoms with Gasteiger partial charge in [-0.05, 0) is 28.1 Å². The van der Waals surface area contributed by atoms with Crippen LogP contribution in [0.2, 0.25) is 0 Å². The fraction of sp³-hybridized carbons (Fsp3) is 0.308. The molecule has 13 heteroatoms. The van der Waals surface area contributed by atoms with Crippen molar-refractivity contribution in [2.75, 3.05) is 36.8 Å². The number of benzene rings is 2. The summed E-state index contributed by atoms with van der Waals surface area (Å²) in [5, 5.41) is 12.8. The second-order valence-corrected chi connectivity index (χ2v) is 10.4. The highest BCUT2D eigenvalue weighted by Crippen LogP contribution is 2.24. The highest BCUT2D eigenvalue weighted by atomic mass is 32.2. The van der Waals surface area contributed by atoms with Gasteiger partial charge in [-0.15, -0.1) is 5.10 Å². The Morgan fingerprint density at radius 3 is 2.41 bits per heavy atom. The van der Waals surface area contributed by atoms with Crippen LogP contribution in [0.25, 0.3) is 16.9 Å². The van der Waals surface area contributed by atoms with E-state index in [1.54, 1.807) is 11.7 Å². The van der Waals surface area contributed by atoms with Crippen LogP contribution >= 0.6 is 11.8 Å². The summed E-state index contributed by atoms with van der Waals surface area (Å²) in [7, 11) is 1.63. The smallest absolute Gasteiger partial charge is 0.329 e. The Labute approximate surface area is 227 Å². The molecule has 0 saturated carbocycles. The van der Waals surface area contributed by atoms with Crippen molar-refractivity contribution in [2.45, 2.75) is 18.2 Å². The number of anilines is 1. The standard InChI is InChI=1S/C26H28N10O2S/c1-32-22-21(23(37)28-25(32)38)35(16-17-39-26-29-30-31-36(26)20-10-6-3-7-11-20)24(27-22)34-14-12-33(13-15-34)18-19-8-4-2-5-9-19/h2-11H,12-18H2,1H3,(H,28,37,38). The lowest BCUT2D eigenvalue weighted by Crippen LogP contribution is -2.47. The summed E-state index contributed by atoms with van der Waals surface area (Å²) in [6, 6.07) is 20.1. The average Bonchev–Trinajstić information content (AvgIpc) is 3.59. The number of nitrogens with zero attached hydrogens (tertiary/aromatic N) is 9. The molecule has 12 nitrogen and oxygen atoms in total. The first-order valence-corrected chi connectivity index (χ1v) is 13.7. The van der Waals surface area contributed by atoms with Gasteiger partial charge >= 0.3 is 5.69 Å². The van der Waals surface area contributed by atoms with E-state index in [4.69, 9.17) is 4.98 Å². The predicted octanol–water partition coefficient (Wildman–Crippen LogP) is 1.51. The van der Waals surface area contributed by atoms with Gasteiger partial charge in [-0.25, -0.2) is 4.79 Å². The molecule has 200 valence electrons. The summed E-state index contributed by atoms with van der Waals surface area (Å²) in [5.74, 6) is 1.29. The van der Waals surface area contributed by atoms with E-state index in [0.717, 1.165) is 38.4 Å². The number of aromatic amines is 1. The number of para-hydroxylation sites is 1. The van der Waals surface area contributed by atoms with Crippen molar-refractivity contribution < 1.29 is 0 Å². The molecule has 3 aromatic heterocycles. The Balaban J connectivity index is 1.24. The van der Waals surface area contributed by atoms with Crippen LogP contribution in [-0.4, -0.2) is 76.1 Å². The maximum absolute atomic E-state index is 13.0. The molecule has 5 aromatic rings. The quantitative estimate of drug-likeness (QED) is 0.290. The van der Waals surface area contributed by atoms with E-state index >= 15 is 0 Å². The van der Waals surface area contributed by atoms with Gasteiger partial charge < -0.3 is 9.47 Å². The zero-order chi connectivity index (χ0) is 26.8. The van der Waals surface area contributed by atoms with Crippen LogP contribution in [0.4, 0.5) is 5.95 Å². The lowest BCUT2D eigenvalue weighted by atomic mass is 10.2. The van der Waals surface area contributed by atoms with Gasteiger partial charge in [0.05, 0.1) is 5.69 Å². The highest BCUT2D eigenvalue weighted by molar-refractivity contribution is 7.99. The van der Waals surface area contributed by atoms with Gasteiger partial charge in [0.1, 0.15) is 0 Å². The summed E-state index contributed by atoms with van der Waals surface area (Å²) < 4.78 is 5.01. The zero-order valence-corrected chi connectivity index (χ0v) is 22.3. The first-order valence-electron chi connectivity index (χ1n) is 12.8. The molecule has 2 aromatic carbocycles. The van der Waals surface area contributed by atoms with Gasteiger partial charge in [0.25, 0.3) is 5.56 Å². The summed E-state index contributed by atoms with van der Waals surface area (Å²) >= 11 is 1.50. The van der Waals surface area contributed by atoms with Gasteiger partial charge in [-0.1, -0.05) is 60.3 Å². The van der Waals surface area contributed by atoms with Crippen molar-refractivity contribution in [3.63, 3.8) is 0 Å². The number of piperazine rings is 1. The Morgan fingerprint density at radius 1 is 0.949 bits per heavy atom. The molecular formula is C26H28N10O2S. The number of rotatable bonds is 8. The Bertz CT molecular complexity index is 1690. The number of aromatic nitrogens is 8. The molecule has 1 aliphatic rings. The number of thioether (sulfide) groups is 1. The minimum Gasteiger partial charge on any atom is -0.340 e. The molecular weight excluding hydrogens is 516 g/mol. The lowest BCUT2D eigenvalue weighted by Gasteiger charge is -2.35. The SMILES string of the molecule is Cn1c(=O)[nH]c(=O)c2c1nc(N1CCN(Cc3ccccc3)CC1)n2CCSc1nnnn1-c1ccccc1. The molecule has 0 unspecified atom stereocenters. The number of hydrogen-bond donors (Lipinski definition) is 1. The number of fused-ring (bicyclic) bond motifs is 1. The number of nitrogens with one attached hydrogen (secondary N) is 1. The fourth-order valence-corrected chi connectivity index (χ4v) is 5.67. The van der Waals surface area contributed by atoms with E-state index in [-0.39, 0.29) is 0 Å². The van der Waals surface area contributed by atoms with Gasteiger partial charge in [0, 0.05) is 52.1 Å². The molecule has 1 N–H and O–H groups in total. The molecule has 0 atom stereocenters. The molecule has 1 aliphatic heterocycles. The van der Waals surface area contributed by atoms with Crippen LogP contribution in [0.5, 0.6) is 0 Å². The van der Waals surface area contributed by atoms with E-state index in [0.29, 0.717) is 34.6 Å². The maximum atomic E-state index is 13.0. The number of imidazole rings is 1. The van der Waals surface area contributed by atoms with E-state index < -0.39 is 11.2 Å². The number of H-pyrrole nitrogens is 1.